The lowest BCUT2D eigenvalue weighted by Gasteiger charge is -2.20. The number of hydrogen-bond acceptors (Lipinski definition) is 5. The zero-order valence-corrected chi connectivity index (χ0v) is 13.8. The second-order valence-corrected chi connectivity index (χ2v) is 7.60. The van der Waals surface area contributed by atoms with Crippen molar-refractivity contribution in [1.29, 1.82) is 0 Å². The predicted octanol–water partition coefficient (Wildman–Crippen LogP) is 1.99. The third-order valence-electron chi connectivity index (χ3n) is 2.89. The smallest absolute Gasteiger partial charge is 0.245 e. The van der Waals surface area contributed by atoms with Crippen molar-refractivity contribution in [3.8, 4) is 0 Å². The standard InChI is InChI=1S/C13H15N3O2S3/c1-2-16(9-10-5-4-8-20-10)21(17,18)11-6-3-7-15-12(11)13(14)19/h3-8H,2,9H2,1H3,(H2,14,19). The van der Waals surface area contributed by atoms with E-state index in [1.165, 1.54) is 27.9 Å². The molecular weight excluding hydrogens is 326 g/mol. The number of thiocarbonyl (C=S) groups is 1. The van der Waals surface area contributed by atoms with Crippen molar-refractivity contribution in [2.75, 3.05) is 6.54 Å². The van der Waals surface area contributed by atoms with Gasteiger partial charge in [0.15, 0.2) is 0 Å². The Kier molecular flexibility index (Phi) is 5.04. The highest BCUT2D eigenvalue weighted by Gasteiger charge is 2.27. The van der Waals surface area contributed by atoms with E-state index >= 15 is 0 Å². The van der Waals surface area contributed by atoms with Crippen LogP contribution < -0.4 is 5.73 Å². The SMILES string of the molecule is CCN(Cc1cccs1)S(=O)(=O)c1cccnc1C(N)=S. The van der Waals surface area contributed by atoms with Crippen LogP contribution in [0.15, 0.2) is 40.7 Å². The van der Waals surface area contributed by atoms with Crippen molar-refractivity contribution in [3.05, 3.63) is 46.4 Å². The molecule has 0 aliphatic rings. The lowest BCUT2D eigenvalue weighted by molar-refractivity contribution is 0.426. The van der Waals surface area contributed by atoms with E-state index in [2.05, 4.69) is 4.98 Å². The lowest BCUT2D eigenvalue weighted by atomic mass is 10.3. The molecule has 0 amide bonds. The topological polar surface area (TPSA) is 76.3 Å². The van der Waals surface area contributed by atoms with Crippen molar-refractivity contribution in [2.45, 2.75) is 18.4 Å². The van der Waals surface area contributed by atoms with Gasteiger partial charge in [-0.1, -0.05) is 25.2 Å². The molecule has 2 N–H and O–H groups in total. The first-order chi connectivity index (χ1) is 9.96. The van der Waals surface area contributed by atoms with Gasteiger partial charge in [-0.05, 0) is 23.6 Å². The summed E-state index contributed by atoms with van der Waals surface area (Å²) in [4.78, 5) is 4.99. The Hall–Kier alpha value is -1.35. The van der Waals surface area contributed by atoms with Crippen molar-refractivity contribution in [3.63, 3.8) is 0 Å². The lowest BCUT2D eigenvalue weighted by Crippen LogP contribution is -2.32. The number of nitrogens with two attached hydrogens (primary N) is 1. The number of rotatable bonds is 6. The largest absolute Gasteiger partial charge is 0.388 e. The molecule has 0 bridgehead atoms. The maximum atomic E-state index is 12.8. The van der Waals surface area contributed by atoms with Crippen LogP contribution in [0, 0.1) is 0 Å². The fraction of sp³-hybridized carbons (Fsp3) is 0.231. The number of nitrogens with zero attached hydrogens (tertiary/aromatic N) is 2. The fourth-order valence-electron chi connectivity index (χ4n) is 1.87. The van der Waals surface area contributed by atoms with Crippen molar-refractivity contribution < 1.29 is 8.42 Å². The molecule has 0 fully saturated rings. The van der Waals surface area contributed by atoms with E-state index in [1.807, 2.05) is 17.5 Å². The third kappa shape index (κ3) is 3.46. The van der Waals surface area contributed by atoms with Gasteiger partial charge >= 0.3 is 0 Å². The average molecular weight is 341 g/mol. The first kappa shape index (κ1) is 16.0. The zero-order valence-electron chi connectivity index (χ0n) is 11.4. The minimum Gasteiger partial charge on any atom is -0.388 e. The maximum Gasteiger partial charge on any atom is 0.245 e. The van der Waals surface area contributed by atoms with Gasteiger partial charge in [0.25, 0.3) is 0 Å². The van der Waals surface area contributed by atoms with Crippen LogP contribution in [0.4, 0.5) is 0 Å². The Balaban J connectivity index is 2.42. The maximum absolute atomic E-state index is 12.8. The summed E-state index contributed by atoms with van der Waals surface area (Å²) in [7, 11) is -3.69. The highest BCUT2D eigenvalue weighted by molar-refractivity contribution is 7.89. The second kappa shape index (κ2) is 6.61. The zero-order chi connectivity index (χ0) is 15.5. The molecule has 2 aromatic rings. The van der Waals surface area contributed by atoms with Gasteiger partial charge in [0.1, 0.15) is 15.6 Å². The molecule has 8 heteroatoms. The molecule has 0 unspecified atom stereocenters. The summed E-state index contributed by atoms with van der Waals surface area (Å²) in [5.74, 6) is 0. The molecule has 5 nitrogen and oxygen atoms in total. The van der Waals surface area contributed by atoms with Gasteiger partial charge in [0.2, 0.25) is 10.0 Å². The fourth-order valence-corrected chi connectivity index (χ4v) is 4.48. The highest BCUT2D eigenvalue weighted by atomic mass is 32.2. The number of sulfonamides is 1. The van der Waals surface area contributed by atoms with Gasteiger partial charge in [-0.3, -0.25) is 4.98 Å². The summed E-state index contributed by atoms with van der Waals surface area (Å²) >= 11 is 6.41. The first-order valence-electron chi connectivity index (χ1n) is 6.24. The normalized spacial score (nSPS) is 11.7. The van der Waals surface area contributed by atoms with Gasteiger partial charge in [-0.2, -0.15) is 4.31 Å². The second-order valence-electron chi connectivity index (χ2n) is 4.22. The molecule has 0 saturated heterocycles. The molecule has 112 valence electrons. The first-order valence-corrected chi connectivity index (χ1v) is 8.97. The number of hydrogen-bond donors (Lipinski definition) is 1. The van der Waals surface area contributed by atoms with Crippen LogP contribution >= 0.6 is 23.6 Å². The van der Waals surface area contributed by atoms with E-state index in [-0.39, 0.29) is 15.6 Å². The van der Waals surface area contributed by atoms with Gasteiger partial charge in [-0.25, -0.2) is 8.42 Å². The van der Waals surface area contributed by atoms with Gasteiger partial charge in [0.05, 0.1) is 0 Å². The molecule has 0 saturated carbocycles. The van der Waals surface area contributed by atoms with E-state index in [4.69, 9.17) is 18.0 Å². The van der Waals surface area contributed by atoms with Crippen LogP contribution in [0.5, 0.6) is 0 Å². The van der Waals surface area contributed by atoms with Crippen molar-refractivity contribution in [2.24, 2.45) is 5.73 Å². The quantitative estimate of drug-likeness (QED) is 0.813. The molecule has 2 aromatic heterocycles. The molecule has 0 radical (unpaired) electrons. The van der Waals surface area contributed by atoms with Crippen LogP contribution in [0.25, 0.3) is 0 Å². The summed E-state index contributed by atoms with van der Waals surface area (Å²) in [5.41, 5.74) is 5.71. The molecule has 21 heavy (non-hydrogen) atoms. The summed E-state index contributed by atoms with van der Waals surface area (Å²) in [6, 6.07) is 6.84. The monoisotopic (exact) mass is 341 g/mol. The Morgan fingerprint density at radius 1 is 1.43 bits per heavy atom. The number of thiophene rings is 1. The predicted molar refractivity (Wildman–Crippen MR) is 87.7 cm³/mol. The summed E-state index contributed by atoms with van der Waals surface area (Å²) in [6.07, 6.45) is 1.48. The van der Waals surface area contributed by atoms with E-state index < -0.39 is 10.0 Å². The number of aromatic nitrogens is 1. The van der Waals surface area contributed by atoms with Crippen LogP contribution in [0.1, 0.15) is 17.5 Å². The number of pyridine rings is 1. The summed E-state index contributed by atoms with van der Waals surface area (Å²) < 4.78 is 27.0. The average Bonchev–Trinajstić information content (AvgIpc) is 2.97. The van der Waals surface area contributed by atoms with E-state index in [0.717, 1.165) is 4.88 Å². The molecule has 0 aliphatic carbocycles. The van der Waals surface area contributed by atoms with Gasteiger partial charge in [0, 0.05) is 24.2 Å². The molecule has 0 aromatic carbocycles. The van der Waals surface area contributed by atoms with Gasteiger partial charge < -0.3 is 5.73 Å². The van der Waals surface area contributed by atoms with E-state index in [0.29, 0.717) is 13.1 Å². The Bertz CT molecular complexity index is 727. The molecular formula is C13H15N3O2S3. The van der Waals surface area contributed by atoms with E-state index in [9.17, 15) is 8.42 Å². The van der Waals surface area contributed by atoms with E-state index in [1.54, 1.807) is 13.0 Å². The van der Waals surface area contributed by atoms with Crippen LogP contribution in [0.3, 0.4) is 0 Å². The summed E-state index contributed by atoms with van der Waals surface area (Å²) in [6.45, 7) is 2.47. The minimum atomic E-state index is -3.69. The van der Waals surface area contributed by atoms with Crippen LogP contribution in [-0.2, 0) is 16.6 Å². The third-order valence-corrected chi connectivity index (χ3v) is 5.89. The molecule has 0 spiro atoms. The minimum absolute atomic E-state index is 0.0265. The summed E-state index contributed by atoms with van der Waals surface area (Å²) in [5, 5.41) is 1.92. The van der Waals surface area contributed by atoms with Crippen LogP contribution in [-0.4, -0.2) is 29.2 Å². The molecule has 0 atom stereocenters. The van der Waals surface area contributed by atoms with Gasteiger partial charge in [-0.15, -0.1) is 11.3 Å². The Labute approximate surface area is 133 Å². The molecule has 0 aliphatic heterocycles. The highest BCUT2D eigenvalue weighted by Crippen LogP contribution is 2.22. The van der Waals surface area contributed by atoms with Crippen molar-refractivity contribution >= 4 is 38.6 Å². The van der Waals surface area contributed by atoms with Crippen LogP contribution in [0.2, 0.25) is 0 Å². The van der Waals surface area contributed by atoms with Crippen molar-refractivity contribution in [1.82, 2.24) is 9.29 Å². The Morgan fingerprint density at radius 2 is 2.19 bits per heavy atom. The molecule has 2 heterocycles. The molecule has 2 rings (SSSR count). The Morgan fingerprint density at radius 3 is 2.76 bits per heavy atom.